The molecule has 2 fully saturated rings. The average molecular weight is 336 g/mol. The normalized spacial score (nSPS) is 20.3. The molecule has 0 atom stereocenters. The molecule has 2 saturated heterocycles. The fraction of sp³-hybridized carbons (Fsp3) is 0.611. The third kappa shape index (κ3) is 3.87. The van der Waals surface area contributed by atoms with Gasteiger partial charge < -0.3 is 10.2 Å². The minimum atomic E-state index is -0.0396. The lowest BCUT2D eigenvalue weighted by atomic mass is 9.88. The summed E-state index contributed by atoms with van der Waals surface area (Å²) in [5.41, 5.74) is 1.82. The third-order valence-electron chi connectivity index (χ3n) is 5.00. The van der Waals surface area contributed by atoms with Gasteiger partial charge in [-0.1, -0.05) is 17.7 Å². The lowest BCUT2D eigenvalue weighted by Gasteiger charge is -2.46. The highest BCUT2D eigenvalue weighted by Crippen LogP contribution is 2.27. The third-order valence-corrected chi connectivity index (χ3v) is 5.32. The van der Waals surface area contributed by atoms with E-state index in [1.807, 2.05) is 12.1 Å². The highest BCUT2D eigenvalue weighted by Gasteiger charge is 2.32. The molecule has 5 heteroatoms. The number of likely N-dealkylation sites (tertiary alicyclic amines) is 1. The SMILES string of the molecule is CN(C)C(=O)c1ccc(CC2CN(C3CCNCC3)C2)cc1Cl. The predicted molar refractivity (Wildman–Crippen MR) is 94.1 cm³/mol. The molecule has 4 nitrogen and oxygen atoms in total. The minimum Gasteiger partial charge on any atom is -0.345 e. The second kappa shape index (κ2) is 7.20. The first kappa shape index (κ1) is 16.7. The summed E-state index contributed by atoms with van der Waals surface area (Å²) >= 11 is 6.30. The van der Waals surface area contributed by atoms with Gasteiger partial charge in [0.2, 0.25) is 0 Å². The van der Waals surface area contributed by atoms with Gasteiger partial charge in [-0.25, -0.2) is 0 Å². The largest absolute Gasteiger partial charge is 0.345 e. The average Bonchev–Trinajstić information content (AvgIpc) is 2.50. The van der Waals surface area contributed by atoms with Gasteiger partial charge in [0.15, 0.2) is 0 Å². The quantitative estimate of drug-likeness (QED) is 0.917. The molecule has 0 unspecified atom stereocenters. The molecule has 23 heavy (non-hydrogen) atoms. The molecule has 0 aliphatic carbocycles. The zero-order valence-corrected chi connectivity index (χ0v) is 14.8. The number of halogens is 1. The van der Waals surface area contributed by atoms with Crippen molar-refractivity contribution in [2.45, 2.75) is 25.3 Å². The lowest BCUT2D eigenvalue weighted by molar-refractivity contribution is 0.0386. The van der Waals surface area contributed by atoms with Gasteiger partial charge in [0, 0.05) is 33.2 Å². The minimum absolute atomic E-state index is 0.0396. The molecule has 0 bridgehead atoms. The van der Waals surface area contributed by atoms with Crippen molar-refractivity contribution in [3.8, 4) is 0 Å². The Morgan fingerprint density at radius 3 is 2.61 bits per heavy atom. The molecule has 1 amide bonds. The molecule has 3 rings (SSSR count). The van der Waals surface area contributed by atoms with E-state index in [0.29, 0.717) is 10.6 Å². The van der Waals surface area contributed by atoms with Crippen LogP contribution in [-0.4, -0.2) is 62.0 Å². The van der Waals surface area contributed by atoms with Gasteiger partial charge in [0.1, 0.15) is 0 Å². The van der Waals surface area contributed by atoms with Crippen LogP contribution in [-0.2, 0) is 6.42 Å². The molecule has 0 spiro atoms. The number of benzene rings is 1. The summed E-state index contributed by atoms with van der Waals surface area (Å²) in [5.74, 6) is 0.679. The Balaban J connectivity index is 1.53. The highest BCUT2D eigenvalue weighted by atomic mass is 35.5. The first-order valence-corrected chi connectivity index (χ1v) is 8.87. The van der Waals surface area contributed by atoms with Crippen LogP contribution in [0, 0.1) is 5.92 Å². The zero-order valence-electron chi connectivity index (χ0n) is 14.0. The molecule has 1 aromatic carbocycles. The number of piperidine rings is 1. The summed E-state index contributed by atoms with van der Waals surface area (Å²) in [6.07, 6.45) is 3.61. The topological polar surface area (TPSA) is 35.6 Å². The standard InChI is InChI=1S/C18H26ClN3O/c1-21(2)18(23)16-4-3-13(10-17(16)19)9-14-11-22(12-14)15-5-7-20-8-6-15/h3-4,10,14-15,20H,5-9,11-12H2,1-2H3. The van der Waals surface area contributed by atoms with Crippen LogP contribution in [0.15, 0.2) is 18.2 Å². The number of nitrogens with zero attached hydrogens (tertiary/aromatic N) is 2. The predicted octanol–water partition coefficient (Wildman–Crippen LogP) is 2.27. The molecule has 126 valence electrons. The van der Waals surface area contributed by atoms with Crippen molar-refractivity contribution in [3.63, 3.8) is 0 Å². The second-order valence-electron chi connectivity index (χ2n) is 7.02. The van der Waals surface area contributed by atoms with Gasteiger partial charge in [-0.2, -0.15) is 0 Å². The maximum absolute atomic E-state index is 12.0. The maximum Gasteiger partial charge on any atom is 0.254 e. The van der Waals surface area contributed by atoms with Crippen LogP contribution in [0.1, 0.15) is 28.8 Å². The first-order chi connectivity index (χ1) is 11.0. The fourth-order valence-corrected chi connectivity index (χ4v) is 3.93. The van der Waals surface area contributed by atoms with Crippen molar-refractivity contribution in [3.05, 3.63) is 34.3 Å². The maximum atomic E-state index is 12.0. The Hall–Kier alpha value is -1.10. The Bertz CT molecular complexity index is 563. The van der Waals surface area contributed by atoms with Gasteiger partial charge in [-0.05, 0) is 56.0 Å². The van der Waals surface area contributed by atoms with Crippen molar-refractivity contribution in [1.82, 2.24) is 15.1 Å². The molecule has 1 aromatic rings. The molecular formula is C18H26ClN3O. The summed E-state index contributed by atoms with van der Waals surface area (Å²) in [5, 5.41) is 3.99. The number of hydrogen-bond acceptors (Lipinski definition) is 3. The highest BCUT2D eigenvalue weighted by molar-refractivity contribution is 6.33. The molecule has 2 aliphatic rings. The summed E-state index contributed by atoms with van der Waals surface area (Å²) in [6.45, 7) is 4.70. The number of carbonyl (C=O) groups excluding carboxylic acids is 1. The van der Waals surface area contributed by atoms with Crippen LogP contribution >= 0.6 is 11.6 Å². The van der Waals surface area contributed by atoms with Crippen LogP contribution < -0.4 is 5.32 Å². The molecular weight excluding hydrogens is 310 g/mol. The van der Waals surface area contributed by atoms with Gasteiger partial charge in [-0.15, -0.1) is 0 Å². The molecule has 0 saturated carbocycles. The van der Waals surface area contributed by atoms with Crippen molar-refractivity contribution in [1.29, 1.82) is 0 Å². The lowest BCUT2D eigenvalue weighted by Crippen LogP contribution is -2.55. The number of nitrogens with one attached hydrogen (secondary N) is 1. The molecule has 0 radical (unpaired) electrons. The molecule has 2 aliphatic heterocycles. The Kier molecular flexibility index (Phi) is 5.24. The monoisotopic (exact) mass is 335 g/mol. The Morgan fingerprint density at radius 1 is 1.30 bits per heavy atom. The van der Waals surface area contributed by atoms with Gasteiger partial charge in [0.25, 0.3) is 5.91 Å². The molecule has 0 aromatic heterocycles. The van der Waals surface area contributed by atoms with Crippen molar-refractivity contribution < 1.29 is 4.79 Å². The van der Waals surface area contributed by atoms with Gasteiger partial charge in [0.05, 0.1) is 10.6 Å². The zero-order chi connectivity index (χ0) is 16.4. The van der Waals surface area contributed by atoms with Crippen LogP contribution in [0.5, 0.6) is 0 Å². The Morgan fingerprint density at radius 2 is 2.00 bits per heavy atom. The van der Waals surface area contributed by atoms with Crippen molar-refractivity contribution >= 4 is 17.5 Å². The number of carbonyl (C=O) groups is 1. The summed E-state index contributed by atoms with van der Waals surface area (Å²) < 4.78 is 0. The molecule has 2 heterocycles. The van der Waals surface area contributed by atoms with Crippen LogP contribution in [0.25, 0.3) is 0 Å². The number of rotatable bonds is 4. The van der Waals surface area contributed by atoms with Gasteiger partial charge in [-0.3, -0.25) is 9.69 Å². The van der Waals surface area contributed by atoms with E-state index < -0.39 is 0 Å². The van der Waals surface area contributed by atoms with Crippen LogP contribution in [0.3, 0.4) is 0 Å². The van der Waals surface area contributed by atoms with E-state index in [-0.39, 0.29) is 5.91 Å². The van der Waals surface area contributed by atoms with E-state index in [4.69, 9.17) is 11.6 Å². The van der Waals surface area contributed by atoms with E-state index >= 15 is 0 Å². The van der Waals surface area contributed by atoms with E-state index in [1.54, 1.807) is 19.0 Å². The van der Waals surface area contributed by atoms with Crippen molar-refractivity contribution in [2.24, 2.45) is 5.92 Å². The van der Waals surface area contributed by atoms with Gasteiger partial charge >= 0.3 is 0 Å². The van der Waals surface area contributed by atoms with E-state index in [1.165, 1.54) is 31.5 Å². The smallest absolute Gasteiger partial charge is 0.254 e. The first-order valence-electron chi connectivity index (χ1n) is 8.49. The van der Waals surface area contributed by atoms with E-state index in [0.717, 1.165) is 31.5 Å². The fourth-order valence-electron chi connectivity index (χ4n) is 3.64. The number of hydrogen-bond donors (Lipinski definition) is 1. The Labute approximate surface area is 143 Å². The summed E-state index contributed by atoms with van der Waals surface area (Å²) in [6, 6.07) is 6.65. The van der Waals surface area contributed by atoms with Crippen molar-refractivity contribution in [2.75, 3.05) is 40.3 Å². The number of amides is 1. The van der Waals surface area contributed by atoms with E-state index in [9.17, 15) is 4.79 Å². The van der Waals surface area contributed by atoms with E-state index in [2.05, 4.69) is 16.3 Å². The second-order valence-corrected chi connectivity index (χ2v) is 7.43. The van der Waals surface area contributed by atoms with Crippen LogP contribution in [0.4, 0.5) is 0 Å². The molecule has 1 N–H and O–H groups in total. The summed E-state index contributed by atoms with van der Waals surface area (Å²) in [7, 11) is 3.49. The summed E-state index contributed by atoms with van der Waals surface area (Å²) in [4.78, 5) is 16.2. The van der Waals surface area contributed by atoms with Crippen LogP contribution in [0.2, 0.25) is 5.02 Å².